The van der Waals surface area contributed by atoms with E-state index in [0.29, 0.717) is 6.04 Å². The molecule has 2 unspecified atom stereocenters. The zero-order valence-corrected chi connectivity index (χ0v) is 13.4. The van der Waals surface area contributed by atoms with Crippen molar-refractivity contribution in [2.24, 2.45) is 5.92 Å². The molecule has 1 N–H and O–H groups in total. The average Bonchev–Trinajstić information content (AvgIpc) is 2.64. The summed E-state index contributed by atoms with van der Waals surface area (Å²) in [6.45, 7) is 11.5. The molecule has 1 aromatic rings. The summed E-state index contributed by atoms with van der Waals surface area (Å²) < 4.78 is 0. The Labute approximate surface area is 124 Å². The molecule has 0 radical (unpaired) electrons. The van der Waals surface area contributed by atoms with Gasteiger partial charge in [0.2, 0.25) is 0 Å². The molecule has 112 valence electrons. The van der Waals surface area contributed by atoms with E-state index in [-0.39, 0.29) is 0 Å². The van der Waals surface area contributed by atoms with E-state index in [0.717, 1.165) is 19.0 Å². The highest BCUT2D eigenvalue weighted by Crippen LogP contribution is 2.22. The third-order valence-corrected chi connectivity index (χ3v) is 4.56. The number of rotatable bonds is 5. The van der Waals surface area contributed by atoms with Gasteiger partial charge < -0.3 is 10.2 Å². The van der Waals surface area contributed by atoms with Crippen LogP contribution in [0, 0.1) is 12.8 Å². The second-order valence-corrected chi connectivity index (χ2v) is 6.30. The van der Waals surface area contributed by atoms with Crippen molar-refractivity contribution in [3.8, 4) is 0 Å². The van der Waals surface area contributed by atoms with E-state index in [1.165, 1.54) is 43.5 Å². The third kappa shape index (κ3) is 4.32. The number of aryl methyl sites for hydroxylation is 1. The fourth-order valence-electron chi connectivity index (χ4n) is 3.26. The van der Waals surface area contributed by atoms with Crippen molar-refractivity contribution in [3.63, 3.8) is 0 Å². The standard InChI is InChI=1S/C18H30N2/c1-4-19-18(17-10-6-5-9-16(17)3)14-20-12-7-8-15(2)11-13-20/h5-6,9-10,15,18-19H,4,7-8,11-14H2,1-3H3. The molecule has 1 aliphatic heterocycles. The van der Waals surface area contributed by atoms with Crippen molar-refractivity contribution < 1.29 is 0 Å². The molecule has 20 heavy (non-hydrogen) atoms. The molecule has 0 spiro atoms. The highest BCUT2D eigenvalue weighted by atomic mass is 15.1. The molecular formula is C18H30N2. The number of hydrogen-bond donors (Lipinski definition) is 1. The van der Waals surface area contributed by atoms with Crippen LogP contribution in [0.4, 0.5) is 0 Å². The summed E-state index contributed by atoms with van der Waals surface area (Å²) in [5.74, 6) is 0.899. The number of nitrogens with one attached hydrogen (secondary N) is 1. The first kappa shape index (κ1) is 15.5. The maximum Gasteiger partial charge on any atom is 0.0451 e. The minimum Gasteiger partial charge on any atom is -0.309 e. The summed E-state index contributed by atoms with van der Waals surface area (Å²) in [5, 5.41) is 3.68. The van der Waals surface area contributed by atoms with Gasteiger partial charge in [-0.25, -0.2) is 0 Å². The first-order chi connectivity index (χ1) is 9.70. The predicted octanol–water partition coefficient (Wildman–Crippen LogP) is 3.77. The molecule has 0 bridgehead atoms. The van der Waals surface area contributed by atoms with Crippen LogP contribution in [0.25, 0.3) is 0 Å². The van der Waals surface area contributed by atoms with Crippen molar-refractivity contribution in [2.75, 3.05) is 26.2 Å². The number of likely N-dealkylation sites (N-methyl/N-ethyl adjacent to an activating group) is 1. The molecule has 0 saturated carbocycles. The second kappa shape index (κ2) is 7.80. The first-order valence-corrected chi connectivity index (χ1v) is 8.22. The number of hydrogen-bond acceptors (Lipinski definition) is 2. The Morgan fingerprint density at radius 3 is 2.80 bits per heavy atom. The molecule has 2 nitrogen and oxygen atoms in total. The van der Waals surface area contributed by atoms with Gasteiger partial charge in [0.05, 0.1) is 0 Å². The summed E-state index contributed by atoms with van der Waals surface area (Å²) in [6, 6.07) is 9.27. The van der Waals surface area contributed by atoms with E-state index in [1.807, 2.05) is 0 Å². The van der Waals surface area contributed by atoms with Crippen LogP contribution in [-0.2, 0) is 0 Å². The molecule has 1 fully saturated rings. The van der Waals surface area contributed by atoms with Crippen LogP contribution < -0.4 is 5.32 Å². The Balaban J connectivity index is 2.03. The Kier molecular flexibility index (Phi) is 6.06. The molecule has 0 amide bonds. The Morgan fingerprint density at radius 1 is 1.25 bits per heavy atom. The summed E-state index contributed by atoms with van der Waals surface area (Å²) in [6.07, 6.45) is 4.10. The van der Waals surface area contributed by atoms with E-state index < -0.39 is 0 Å². The van der Waals surface area contributed by atoms with Gasteiger partial charge in [0.15, 0.2) is 0 Å². The molecule has 0 aliphatic carbocycles. The van der Waals surface area contributed by atoms with Crippen LogP contribution in [0.1, 0.15) is 50.3 Å². The van der Waals surface area contributed by atoms with Gasteiger partial charge in [0, 0.05) is 12.6 Å². The Bertz CT molecular complexity index is 402. The smallest absolute Gasteiger partial charge is 0.0451 e. The molecule has 0 aromatic heterocycles. The highest BCUT2D eigenvalue weighted by Gasteiger charge is 2.19. The van der Waals surface area contributed by atoms with Crippen molar-refractivity contribution in [1.82, 2.24) is 10.2 Å². The molecular weight excluding hydrogens is 244 g/mol. The predicted molar refractivity (Wildman–Crippen MR) is 87.1 cm³/mol. The fourth-order valence-corrected chi connectivity index (χ4v) is 3.26. The maximum atomic E-state index is 3.68. The van der Waals surface area contributed by atoms with Crippen molar-refractivity contribution in [1.29, 1.82) is 0 Å². The number of benzene rings is 1. The lowest BCUT2D eigenvalue weighted by Crippen LogP contribution is -2.36. The second-order valence-electron chi connectivity index (χ2n) is 6.30. The SMILES string of the molecule is CCNC(CN1CCCC(C)CC1)c1ccccc1C. The van der Waals surface area contributed by atoms with Crippen LogP contribution >= 0.6 is 0 Å². The molecule has 1 aliphatic rings. The summed E-state index contributed by atoms with van der Waals surface area (Å²) in [4.78, 5) is 2.66. The minimum atomic E-state index is 0.467. The van der Waals surface area contributed by atoms with Crippen LogP contribution in [-0.4, -0.2) is 31.1 Å². The van der Waals surface area contributed by atoms with Gasteiger partial charge in [-0.2, -0.15) is 0 Å². The van der Waals surface area contributed by atoms with E-state index in [1.54, 1.807) is 0 Å². The van der Waals surface area contributed by atoms with Crippen molar-refractivity contribution in [3.05, 3.63) is 35.4 Å². The summed E-state index contributed by atoms with van der Waals surface area (Å²) >= 11 is 0. The molecule has 2 atom stereocenters. The minimum absolute atomic E-state index is 0.467. The van der Waals surface area contributed by atoms with Crippen molar-refractivity contribution in [2.45, 2.75) is 46.1 Å². The molecule has 2 rings (SSSR count). The van der Waals surface area contributed by atoms with Gasteiger partial charge >= 0.3 is 0 Å². The van der Waals surface area contributed by atoms with Crippen LogP contribution in [0.2, 0.25) is 0 Å². The molecule has 1 saturated heterocycles. The average molecular weight is 274 g/mol. The number of likely N-dealkylation sites (tertiary alicyclic amines) is 1. The fraction of sp³-hybridized carbons (Fsp3) is 0.667. The van der Waals surface area contributed by atoms with E-state index in [4.69, 9.17) is 0 Å². The van der Waals surface area contributed by atoms with Crippen LogP contribution in [0.5, 0.6) is 0 Å². The first-order valence-electron chi connectivity index (χ1n) is 8.22. The topological polar surface area (TPSA) is 15.3 Å². The molecule has 1 heterocycles. The summed E-state index contributed by atoms with van der Waals surface area (Å²) in [7, 11) is 0. The quantitative estimate of drug-likeness (QED) is 0.879. The molecule has 1 aromatic carbocycles. The highest BCUT2D eigenvalue weighted by molar-refractivity contribution is 5.29. The Hall–Kier alpha value is -0.860. The lowest BCUT2D eigenvalue weighted by Gasteiger charge is -2.28. The zero-order chi connectivity index (χ0) is 14.4. The largest absolute Gasteiger partial charge is 0.309 e. The normalized spacial score (nSPS) is 22.4. The van der Waals surface area contributed by atoms with Gasteiger partial charge in [-0.15, -0.1) is 0 Å². The van der Waals surface area contributed by atoms with Crippen LogP contribution in [0.3, 0.4) is 0 Å². The maximum absolute atomic E-state index is 3.68. The van der Waals surface area contributed by atoms with Crippen molar-refractivity contribution >= 4 is 0 Å². The monoisotopic (exact) mass is 274 g/mol. The van der Waals surface area contributed by atoms with E-state index in [2.05, 4.69) is 55.3 Å². The number of nitrogens with zero attached hydrogens (tertiary/aromatic N) is 1. The van der Waals surface area contributed by atoms with Gasteiger partial charge in [-0.1, -0.05) is 38.1 Å². The van der Waals surface area contributed by atoms with Gasteiger partial charge in [-0.05, 0) is 62.9 Å². The van der Waals surface area contributed by atoms with Crippen LogP contribution in [0.15, 0.2) is 24.3 Å². The van der Waals surface area contributed by atoms with E-state index >= 15 is 0 Å². The lowest BCUT2D eigenvalue weighted by atomic mass is 10.0. The van der Waals surface area contributed by atoms with Gasteiger partial charge in [0.1, 0.15) is 0 Å². The third-order valence-electron chi connectivity index (χ3n) is 4.56. The van der Waals surface area contributed by atoms with E-state index in [9.17, 15) is 0 Å². The summed E-state index contributed by atoms with van der Waals surface area (Å²) in [5.41, 5.74) is 2.87. The zero-order valence-electron chi connectivity index (χ0n) is 13.4. The van der Waals surface area contributed by atoms with Gasteiger partial charge in [0.25, 0.3) is 0 Å². The lowest BCUT2D eigenvalue weighted by molar-refractivity contribution is 0.249. The Morgan fingerprint density at radius 2 is 2.05 bits per heavy atom. The molecule has 2 heteroatoms. The van der Waals surface area contributed by atoms with Gasteiger partial charge in [-0.3, -0.25) is 0 Å².